The van der Waals surface area contributed by atoms with Gasteiger partial charge in [-0.3, -0.25) is 14.7 Å². The van der Waals surface area contributed by atoms with Crippen LogP contribution in [0, 0.1) is 0 Å². The molecule has 0 atom stereocenters. The van der Waals surface area contributed by atoms with Gasteiger partial charge in [-0.05, 0) is 12.0 Å². The quantitative estimate of drug-likeness (QED) is 0.829. The lowest BCUT2D eigenvalue weighted by Crippen LogP contribution is -2.41. The van der Waals surface area contributed by atoms with Crippen LogP contribution < -0.4 is 4.90 Å². The van der Waals surface area contributed by atoms with Gasteiger partial charge in [-0.2, -0.15) is 0 Å². The minimum atomic E-state index is 0.148. The van der Waals surface area contributed by atoms with Crippen LogP contribution in [0.1, 0.15) is 12.0 Å². The molecular weight excluding hydrogens is 314 g/mol. The first kappa shape index (κ1) is 17.4. The second kappa shape index (κ2) is 8.58. The predicted molar refractivity (Wildman–Crippen MR) is 98.2 cm³/mol. The molecule has 6 nitrogen and oxygen atoms in total. The lowest BCUT2D eigenvalue weighted by molar-refractivity contribution is -0.129. The van der Waals surface area contributed by atoms with Crippen LogP contribution in [0.4, 0.5) is 5.82 Å². The summed E-state index contributed by atoms with van der Waals surface area (Å²) in [7, 11) is 1.88. The van der Waals surface area contributed by atoms with E-state index in [1.165, 1.54) is 5.56 Å². The van der Waals surface area contributed by atoms with Crippen LogP contribution in [0.3, 0.4) is 0 Å². The van der Waals surface area contributed by atoms with Gasteiger partial charge >= 0.3 is 0 Å². The van der Waals surface area contributed by atoms with Gasteiger partial charge in [-0.1, -0.05) is 30.3 Å². The molecule has 0 bridgehead atoms. The number of anilines is 1. The Balaban J connectivity index is 1.51. The second-order valence-electron chi connectivity index (χ2n) is 6.42. The molecule has 1 fully saturated rings. The summed E-state index contributed by atoms with van der Waals surface area (Å²) in [6.07, 6.45) is 5.96. The molecule has 6 heteroatoms. The maximum Gasteiger partial charge on any atom is 0.242 e. The summed E-state index contributed by atoms with van der Waals surface area (Å²) < 4.78 is 0. The van der Waals surface area contributed by atoms with Crippen molar-refractivity contribution in [2.75, 3.05) is 44.7 Å². The first-order chi connectivity index (χ1) is 12.2. The van der Waals surface area contributed by atoms with Gasteiger partial charge in [0.15, 0.2) is 0 Å². The lowest BCUT2D eigenvalue weighted by Gasteiger charge is -2.25. The van der Waals surface area contributed by atoms with Crippen molar-refractivity contribution < 1.29 is 4.79 Å². The van der Waals surface area contributed by atoms with E-state index in [0.29, 0.717) is 6.54 Å². The number of carbonyl (C=O) groups is 1. The van der Waals surface area contributed by atoms with Crippen LogP contribution in [0.15, 0.2) is 48.9 Å². The fourth-order valence-corrected chi connectivity index (χ4v) is 3.09. The molecule has 1 aromatic heterocycles. The Morgan fingerprint density at radius 3 is 2.72 bits per heavy atom. The predicted octanol–water partition coefficient (Wildman–Crippen LogP) is 1.65. The molecule has 3 rings (SSSR count). The third-order valence-corrected chi connectivity index (χ3v) is 4.50. The highest BCUT2D eigenvalue weighted by atomic mass is 16.2. The number of likely N-dealkylation sites (N-methyl/N-ethyl adjacent to an activating group) is 1. The van der Waals surface area contributed by atoms with E-state index in [4.69, 9.17) is 0 Å². The highest BCUT2D eigenvalue weighted by Crippen LogP contribution is 2.10. The standard InChI is InChI=1S/C19H25N5O/c1-22(18-14-20-8-9-21-18)16-19(25)24-11-5-10-23(12-13-24)15-17-6-3-2-4-7-17/h2-4,6-9,14H,5,10-13,15-16H2,1H3. The molecule has 0 unspecified atom stereocenters. The van der Waals surface area contributed by atoms with Crippen molar-refractivity contribution in [2.24, 2.45) is 0 Å². The van der Waals surface area contributed by atoms with Crippen LogP contribution in [0.2, 0.25) is 0 Å². The molecule has 1 aliphatic rings. The zero-order valence-electron chi connectivity index (χ0n) is 14.7. The Morgan fingerprint density at radius 2 is 1.96 bits per heavy atom. The smallest absolute Gasteiger partial charge is 0.242 e. The van der Waals surface area contributed by atoms with E-state index in [0.717, 1.165) is 45.0 Å². The third-order valence-electron chi connectivity index (χ3n) is 4.50. The van der Waals surface area contributed by atoms with Crippen molar-refractivity contribution >= 4 is 11.7 Å². The van der Waals surface area contributed by atoms with Crippen LogP contribution in [-0.4, -0.2) is 65.4 Å². The average molecular weight is 339 g/mol. The zero-order valence-corrected chi connectivity index (χ0v) is 14.7. The van der Waals surface area contributed by atoms with Crippen molar-refractivity contribution in [3.8, 4) is 0 Å². The maximum atomic E-state index is 12.6. The summed E-state index contributed by atoms with van der Waals surface area (Å²) in [6, 6.07) is 10.5. The molecular formula is C19H25N5O. The van der Waals surface area contributed by atoms with Gasteiger partial charge in [0.25, 0.3) is 0 Å². The van der Waals surface area contributed by atoms with Gasteiger partial charge in [-0.25, -0.2) is 4.98 Å². The van der Waals surface area contributed by atoms with Crippen molar-refractivity contribution in [3.63, 3.8) is 0 Å². The lowest BCUT2D eigenvalue weighted by atomic mass is 10.2. The zero-order chi connectivity index (χ0) is 17.5. The fourth-order valence-electron chi connectivity index (χ4n) is 3.09. The van der Waals surface area contributed by atoms with Crippen LogP contribution >= 0.6 is 0 Å². The molecule has 1 aliphatic heterocycles. The largest absolute Gasteiger partial charge is 0.349 e. The number of nitrogens with zero attached hydrogens (tertiary/aromatic N) is 5. The van der Waals surface area contributed by atoms with Gasteiger partial charge < -0.3 is 9.80 Å². The number of carbonyl (C=O) groups excluding carboxylic acids is 1. The Labute approximate surface area is 149 Å². The molecule has 132 valence electrons. The molecule has 0 aliphatic carbocycles. The highest BCUT2D eigenvalue weighted by Gasteiger charge is 2.20. The van der Waals surface area contributed by atoms with Gasteiger partial charge in [-0.15, -0.1) is 0 Å². The molecule has 2 heterocycles. The Bertz CT molecular complexity index is 664. The topological polar surface area (TPSA) is 52.6 Å². The monoisotopic (exact) mass is 339 g/mol. The van der Waals surface area contributed by atoms with Crippen molar-refractivity contribution in [1.82, 2.24) is 19.8 Å². The van der Waals surface area contributed by atoms with E-state index in [1.807, 2.05) is 22.9 Å². The summed E-state index contributed by atoms with van der Waals surface area (Å²) >= 11 is 0. The van der Waals surface area contributed by atoms with E-state index in [1.54, 1.807) is 18.6 Å². The minimum absolute atomic E-state index is 0.148. The average Bonchev–Trinajstić information content (AvgIpc) is 2.89. The Morgan fingerprint density at radius 1 is 1.12 bits per heavy atom. The summed E-state index contributed by atoms with van der Waals surface area (Å²) in [5.74, 6) is 0.867. The minimum Gasteiger partial charge on any atom is -0.349 e. The summed E-state index contributed by atoms with van der Waals surface area (Å²) in [6.45, 7) is 4.81. The van der Waals surface area contributed by atoms with E-state index in [2.05, 4.69) is 39.1 Å². The van der Waals surface area contributed by atoms with Crippen LogP contribution in [0.5, 0.6) is 0 Å². The number of hydrogen-bond donors (Lipinski definition) is 0. The molecule has 0 N–H and O–H groups in total. The maximum absolute atomic E-state index is 12.6. The van der Waals surface area contributed by atoms with Gasteiger partial charge in [0.2, 0.25) is 5.91 Å². The van der Waals surface area contributed by atoms with Crippen molar-refractivity contribution in [1.29, 1.82) is 0 Å². The van der Waals surface area contributed by atoms with Crippen molar-refractivity contribution in [3.05, 3.63) is 54.5 Å². The first-order valence-corrected chi connectivity index (χ1v) is 8.73. The summed E-state index contributed by atoms with van der Waals surface area (Å²) in [4.78, 5) is 27.2. The van der Waals surface area contributed by atoms with Crippen molar-refractivity contribution in [2.45, 2.75) is 13.0 Å². The molecule has 25 heavy (non-hydrogen) atoms. The summed E-state index contributed by atoms with van der Waals surface area (Å²) in [5.41, 5.74) is 1.32. The number of hydrogen-bond acceptors (Lipinski definition) is 5. The molecule has 0 saturated carbocycles. The van der Waals surface area contributed by atoms with Crippen LogP contribution in [0.25, 0.3) is 0 Å². The number of aromatic nitrogens is 2. The number of rotatable bonds is 5. The van der Waals surface area contributed by atoms with E-state index in [-0.39, 0.29) is 5.91 Å². The van der Waals surface area contributed by atoms with Gasteiger partial charge in [0.05, 0.1) is 12.7 Å². The van der Waals surface area contributed by atoms with E-state index >= 15 is 0 Å². The highest BCUT2D eigenvalue weighted by molar-refractivity contribution is 5.81. The Hall–Kier alpha value is -2.47. The van der Waals surface area contributed by atoms with Gasteiger partial charge in [0.1, 0.15) is 5.82 Å². The molecule has 1 amide bonds. The second-order valence-corrected chi connectivity index (χ2v) is 6.42. The van der Waals surface area contributed by atoms with E-state index < -0.39 is 0 Å². The summed E-state index contributed by atoms with van der Waals surface area (Å²) in [5, 5.41) is 0. The molecule has 0 spiro atoms. The van der Waals surface area contributed by atoms with Gasteiger partial charge in [0, 0.05) is 52.2 Å². The van der Waals surface area contributed by atoms with E-state index in [9.17, 15) is 4.79 Å². The molecule has 0 radical (unpaired) electrons. The normalized spacial score (nSPS) is 15.6. The molecule has 2 aromatic rings. The first-order valence-electron chi connectivity index (χ1n) is 8.73. The fraction of sp³-hybridized carbons (Fsp3) is 0.421. The molecule has 1 saturated heterocycles. The van der Waals surface area contributed by atoms with Crippen LogP contribution in [-0.2, 0) is 11.3 Å². The SMILES string of the molecule is CN(CC(=O)N1CCCN(Cc2ccccc2)CC1)c1cnccn1. The number of amides is 1. The Kier molecular flexibility index (Phi) is 5.95. The number of benzene rings is 1. The molecule has 1 aromatic carbocycles. The third kappa shape index (κ3) is 5.00.